The van der Waals surface area contributed by atoms with Crippen molar-refractivity contribution in [2.24, 2.45) is 51.7 Å². The van der Waals surface area contributed by atoms with Gasteiger partial charge in [0.05, 0.1) is 79.4 Å². The summed E-state index contributed by atoms with van der Waals surface area (Å²) in [5.41, 5.74) is 51.1. The third-order valence-corrected chi connectivity index (χ3v) is 27.8. The number of rotatable bonds is 37. The lowest BCUT2D eigenvalue weighted by Gasteiger charge is -2.21. The Labute approximate surface area is 861 Å². The topological polar surface area (TPSA) is 383 Å². The van der Waals surface area contributed by atoms with E-state index in [9.17, 15) is 23.4 Å². The number of nitrogens with one attached hydrogen (secondary N) is 8. The zero-order valence-corrected chi connectivity index (χ0v) is 85.4. The van der Waals surface area contributed by atoms with Gasteiger partial charge in [0.25, 0.3) is 23.6 Å². The number of benzene rings is 12. The highest BCUT2D eigenvalue weighted by molar-refractivity contribution is 7.98. The molecule has 0 radical (unpaired) electrons. The molecule has 20 rings (SSSR count). The Balaban J connectivity index is 0.000000134. The molecule has 5 unspecified atom stereocenters. The molecule has 0 saturated heterocycles. The van der Waals surface area contributed by atoms with Crippen LogP contribution in [-0.4, -0.2) is 99.0 Å². The second-order valence-corrected chi connectivity index (χ2v) is 41.2. The Morgan fingerprint density at radius 2 is 0.510 bits per heavy atom. The first kappa shape index (κ1) is 103. The van der Waals surface area contributed by atoms with E-state index in [-0.39, 0.29) is 47.8 Å². The normalized spacial score (nSPS) is 14.4. The first-order valence-corrected chi connectivity index (χ1v) is 52.5. The van der Waals surface area contributed by atoms with Crippen LogP contribution in [0.3, 0.4) is 0 Å². The maximum Gasteiger partial charge on any atom is 0.274 e. The van der Waals surface area contributed by atoms with Gasteiger partial charge >= 0.3 is 0 Å². The zero-order valence-electron chi connectivity index (χ0n) is 84.6. The molecule has 12 aromatic carbocycles. The van der Waals surface area contributed by atoms with Gasteiger partial charge in [0.1, 0.15) is 22.8 Å². The van der Waals surface area contributed by atoms with E-state index in [1.54, 1.807) is 55.1 Å². The van der Waals surface area contributed by atoms with Crippen molar-refractivity contribution in [3.63, 3.8) is 0 Å². The fraction of sp³-hybridized carbons (Fsp3) is 0.258. The fourth-order valence-corrected chi connectivity index (χ4v) is 18.8. The molecule has 4 aromatic heterocycles. The Kier molecular flexibility index (Phi) is 33.7. The lowest BCUT2D eigenvalue weighted by Crippen LogP contribution is -2.25. The molecule has 4 saturated carbocycles. The molecule has 18 N–H and O–H groups in total. The molecule has 16 aromatic rings. The largest absolute Gasteiger partial charge is 0.326 e. The SMILES string of the molecule is C=S(N)(=O)c1ccc(C(NCC2CC2)c2cccc(NC(=O)c3cc(C)nn3-c3cccc(CN)c3)c2)cc1.Cc1cccc(C(NCC2CC2)c2cccc(NC(=O)c3cc(C)nn3-c3cccc(CN)c3)c2)c1.Cc1cccc(C(NCC2CC2)c2cccc(NC(=O)c3cc(C)nn3-c3cccc(CN)c3)c2)c1.Cc1cccc(C(NCC2CC2)c2cccc(NC(=O)c3cc(C)nn3-c3cccc(CN)c3)c2)c1. The van der Waals surface area contributed by atoms with Crippen LogP contribution in [0.2, 0.25) is 0 Å². The van der Waals surface area contributed by atoms with E-state index >= 15 is 0 Å². The molecule has 4 fully saturated rings. The number of hydrogen-bond acceptors (Lipinski definition) is 17. The number of hydrogen-bond donors (Lipinski definition) is 13. The third-order valence-electron chi connectivity index (χ3n) is 26.7. The standard InChI is InChI=1S/C30H34N6O2S.3C30H33N5O/c1-20-15-28(36(35-20)26-8-3-5-22(16-26)18-31)30(37)34-25-7-4-6-24(17-25)29(33-19-21-9-10-21)23-11-13-27(14-12-23)39(2,32)38;3*1-20-6-3-8-24(14-20)29(32-19-22-12-13-22)25-9-5-10-26(17-25)33-30(36)28-15-21(2)34-35(28)27-11-4-7-23(16-27)18-31/h3-8,11-17,21,29,33H,2,9-10,18-19,31H2,1H3,(H2,32,38)(H,34,37);3*3-11,14-17,22,29,32H,12-13,18-19,31H2,1-2H3,(H,33,36). The average Bonchev–Trinajstić information content (AvgIpc) is 1.72. The highest BCUT2D eigenvalue weighted by Crippen LogP contribution is 2.38. The van der Waals surface area contributed by atoms with Gasteiger partial charge in [-0.15, -0.1) is 0 Å². The molecule has 27 heteroatoms. The highest BCUT2D eigenvalue weighted by Gasteiger charge is 2.31. The van der Waals surface area contributed by atoms with Crippen molar-refractivity contribution in [3.8, 4) is 22.7 Å². The summed E-state index contributed by atoms with van der Waals surface area (Å²) >= 11 is 0. The Hall–Kier alpha value is -15.0. The highest BCUT2D eigenvalue weighted by atomic mass is 32.2. The summed E-state index contributed by atoms with van der Waals surface area (Å²) in [4.78, 5) is 54.1. The minimum atomic E-state index is -2.78. The molecule has 754 valence electrons. The molecular formula is C120H133N21O5S. The van der Waals surface area contributed by atoms with Gasteiger partial charge < -0.3 is 65.5 Å². The molecule has 5 atom stereocenters. The molecule has 0 bridgehead atoms. The summed E-state index contributed by atoms with van der Waals surface area (Å²) in [5.74, 6) is 5.68. The van der Waals surface area contributed by atoms with Gasteiger partial charge in [-0.1, -0.05) is 199 Å². The predicted octanol–water partition coefficient (Wildman–Crippen LogP) is 19.8. The molecule has 4 aliphatic rings. The summed E-state index contributed by atoms with van der Waals surface area (Å²) in [7, 11) is -2.78. The van der Waals surface area contributed by atoms with Crippen LogP contribution in [0, 0.1) is 72.1 Å². The quantitative estimate of drug-likeness (QED) is 0.0161. The Bertz CT molecular complexity index is 6950. The second-order valence-electron chi connectivity index (χ2n) is 39.3. The van der Waals surface area contributed by atoms with Crippen LogP contribution in [0.1, 0.15) is 224 Å². The monoisotopic (exact) mass is 1980 g/mol. The number of aromatic nitrogens is 8. The van der Waals surface area contributed by atoms with Gasteiger partial charge in [-0.3, -0.25) is 24.3 Å². The predicted molar refractivity (Wildman–Crippen MR) is 590 cm³/mol. The summed E-state index contributed by atoms with van der Waals surface area (Å²) < 4.78 is 18.9. The van der Waals surface area contributed by atoms with E-state index in [1.165, 1.54) is 84.7 Å². The van der Waals surface area contributed by atoms with Crippen molar-refractivity contribution < 1.29 is 23.4 Å². The van der Waals surface area contributed by atoms with Gasteiger partial charge in [0.15, 0.2) is 0 Å². The number of amides is 4. The molecular weight excluding hydrogens is 1850 g/mol. The number of nitrogens with zero attached hydrogens (tertiary/aromatic N) is 8. The van der Waals surface area contributed by atoms with Gasteiger partial charge in [-0.25, -0.2) is 22.9 Å². The van der Waals surface area contributed by atoms with E-state index in [0.29, 0.717) is 65.5 Å². The third kappa shape index (κ3) is 28.0. The number of nitrogens with two attached hydrogens (primary N) is 5. The molecule has 0 aliphatic heterocycles. The maximum absolute atomic E-state index is 13.4. The summed E-state index contributed by atoms with van der Waals surface area (Å²) in [6, 6.07) is 104. The van der Waals surface area contributed by atoms with E-state index < -0.39 is 9.71 Å². The second kappa shape index (κ2) is 47.9. The minimum absolute atomic E-state index is 0.0640. The Morgan fingerprint density at radius 1 is 0.293 bits per heavy atom. The lowest BCUT2D eigenvalue weighted by atomic mass is 9.96. The Morgan fingerprint density at radius 3 is 0.728 bits per heavy atom. The maximum atomic E-state index is 13.4. The average molecular weight is 1980 g/mol. The van der Waals surface area contributed by atoms with Crippen LogP contribution >= 0.6 is 0 Å². The van der Waals surface area contributed by atoms with E-state index in [0.717, 1.165) is 157 Å². The van der Waals surface area contributed by atoms with Crippen LogP contribution in [0.5, 0.6) is 0 Å². The van der Waals surface area contributed by atoms with Crippen LogP contribution in [0.4, 0.5) is 22.7 Å². The van der Waals surface area contributed by atoms with Crippen LogP contribution in [-0.2, 0) is 35.9 Å². The van der Waals surface area contributed by atoms with Gasteiger partial charge in [0, 0.05) is 53.8 Å². The molecule has 4 heterocycles. The zero-order chi connectivity index (χ0) is 103. The van der Waals surface area contributed by atoms with E-state index in [2.05, 4.69) is 199 Å². The van der Waals surface area contributed by atoms with Crippen molar-refractivity contribution in [1.82, 2.24) is 60.4 Å². The molecule has 4 aliphatic carbocycles. The van der Waals surface area contributed by atoms with Crippen LogP contribution in [0.15, 0.2) is 320 Å². The van der Waals surface area contributed by atoms with Crippen molar-refractivity contribution in [2.45, 2.75) is 155 Å². The molecule has 147 heavy (non-hydrogen) atoms. The molecule has 4 amide bonds. The summed E-state index contributed by atoms with van der Waals surface area (Å²) in [5, 5.41) is 51.3. The van der Waals surface area contributed by atoms with Crippen molar-refractivity contribution in [2.75, 3.05) is 47.4 Å². The molecule has 0 spiro atoms. The van der Waals surface area contributed by atoms with Crippen LogP contribution in [0.25, 0.3) is 22.7 Å². The number of anilines is 4. The number of carbonyl (C=O) groups is 4. The van der Waals surface area contributed by atoms with Crippen LogP contribution < -0.4 is 70.6 Å². The smallest absolute Gasteiger partial charge is 0.274 e. The number of aryl methyl sites for hydroxylation is 7. The van der Waals surface area contributed by atoms with Crippen molar-refractivity contribution in [1.29, 1.82) is 0 Å². The minimum Gasteiger partial charge on any atom is -0.326 e. The van der Waals surface area contributed by atoms with E-state index in [4.69, 9.17) is 28.1 Å². The van der Waals surface area contributed by atoms with Crippen molar-refractivity contribution >= 4 is 62.0 Å². The summed E-state index contributed by atoms with van der Waals surface area (Å²) in [6.45, 7) is 19.5. The molecule has 26 nitrogen and oxygen atoms in total. The first-order chi connectivity index (χ1) is 71.2. The number of carbonyl (C=O) groups excluding carboxylic acids is 4. The first-order valence-electron chi connectivity index (χ1n) is 50.7. The van der Waals surface area contributed by atoms with Gasteiger partial charge in [-0.05, 0) is 356 Å². The van der Waals surface area contributed by atoms with Gasteiger partial charge in [-0.2, -0.15) is 20.4 Å². The van der Waals surface area contributed by atoms with E-state index in [1.807, 2.05) is 198 Å². The summed E-state index contributed by atoms with van der Waals surface area (Å²) in [6.07, 6.45) is 10.2. The lowest BCUT2D eigenvalue weighted by molar-refractivity contribution is 0.101. The van der Waals surface area contributed by atoms with Gasteiger partial charge in [0.2, 0.25) is 0 Å². The van der Waals surface area contributed by atoms with Crippen molar-refractivity contribution in [3.05, 3.63) is 444 Å². The fourth-order valence-electron chi connectivity index (χ4n) is 18.2.